The standard InChI is InChI=1S/C37H36N4O18S4/c1-37(20-35(45)59-41-33(42)17-32(36(41)46)62(53,54)55)18-23(12-22-6-9-39(10-7-22)11-8-38-63(56,57)58)13-24(19-37)14-29-27-4-2-25(60(47,48)49)15-30(27)40(21-34(43)44)31-16-26(61(50,51)52)3-5-28(29)31/h2-7,9-10,12-17,38H,8,11,18-21H2,1H3,(H6-,42,43,44,46,47,48,49,50,51,52,53,54,55,56,57,58)/p+1. The van der Waals surface area contributed by atoms with Gasteiger partial charge in [-0.15, -0.1) is 4.73 Å². The number of rotatable bonds is 14. The Morgan fingerprint density at radius 2 is 1.38 bits per heavy atom. The van der Waals surface area contributed by atoms with E-state index in [9.17, 15) is 72.2 Å². The minimum Gasteiger partial charge on any atom is -0.492 e. The molecule has 0 amide bonds. The first-order valence-corrected chi connectivity index (χ1v) is 23.8. The van der Waals surface area contributed by atoms with Gasteiger partial charge in [-0.3, -0.25) is 23.0 Å². The molecule has 8 N–H and O–H groups in total. The van der Waals surface area contributed by atoms with E-state index in [0.717, 1.165) is 29.2 Å². The predicted octanol–water partition coefficient (Wildman–Crippen LogP) is 2.14. The third-order valence-electron chi connectivity index (χ3n) is 9.80. The molecule has 0 radical (unpaired) electrons. The van der Waals surface area contributed by atoms with Crippen LogP contribution in [0, 0.1) is 5.41 Å². The number of aromatic hydroxyl groups is 2. The van der Waals surface area contributed by atoms with Crippen molar-refractivity contribution >= 4 is 75.6 Å². The second-order valence-electron chi connectivity index (χ2n) is 14.8. The lowest BCUT2D eigenvalue weighted by Gasteiger charge is -2.36. The molecule has 1 unspecified atom stereocenters. The summed E-state index contributed by atoms with van der Waals surface area (Å²) >= 11 is 0. The van der Waals surface area contributed by atoms with Gasteiger partial charge in [0.1, 0.15) is 6.54 Å². The van der Waals surface area contributed by atoms with Crippen LogP contribution in [0.5, 0.6) is 11.8 Å². The molecule has 22 nitrogen and oxygen atoms in total. The van der Waals surface area contributed by atoms with Gasteiger partial charge in [0.25, 0.3) is 36.2 Å². The number of pyridine rings is 1. The predicted molar refractivity (Wildman–Crippen MR) is 218 cm³/mol. The van der Waals surface area contributed by atoms with E-state index in [2.05, 4.69) is 0 Å². The molecule has 26 heteroatoms. The normalized spacial score (nSPS) is 17.5. The van der Waals surface area contributed by atoms with Crippen molar-refractivity contribution in [2.75, 3.05) is 18.0 Å². The van der Waals surface area contributed by atoms with Crippen LogP contribution in [0.25, 0.3) is 11.6 Å². The summed E-state index contributed by atoms with van der Waals surface area (Å²) in [4.78, 5) is 29.5. The third kappa shape index (κ3) is 11.0. The summed E-state index contributed by atoms with van der Waals surface area (Å²) in [6.07, 6.45) is 8.11. The number of carboxylic acid groups (broad SMARTS) is 1. The number of fused-ring (bicyclic) bond motifs is 2. The molecule has 2 aromatic heterocycles. The fourth-order valence-electron chi connectivity index (χ4n) is 7.31. The number of carboxylic acids is 1. The monoisotopic (exact) mass is 953 g/mol. The van der Waals surface area contributed by atoms with E-state index in [1.807, 2.05) is 4.72 Å². The topological polar surface area (TPSA) is 346 Å². The Morgan fingerprint density at radius 1 is 0.810 bits per heavy atom. The van der Waals surface area contributed by atoms with Gasteiger partial charge in [0, 0.05) is 29.3 Å². The van der Waals surface area contributed by atoms with E-state index in [1.165, 1.54) is 12.1 Å². The first-order chi connectivity index (χ1) is 29.1. The van der Waals surface area contributed by atoms with Crippen LogP contribution in [0.3, 0.4) is 0 Å². The van der Waals surface area contributed by atoms with Crippen LogP contribution in [0.2, 0.25) is 0 Å². The van der Waals surface area contributed by atoms with Crippen molar-refractivity contribution in [2.45, 2.75) is 47.4 Å². The molecule has 336 valence electrons. The second kappa shape index (κ2) is 17.0. The summed E-state index contributed by atoms with van der Waals surface area (Å²) in [6.45, 7) is 0.877. The molecule has 1 aliphatic heterocycles. The third-order valence-corrected chi connectivity index (χ3v) is 12.9. The highest BCUT2D eigenvalue weighted by molar-refractivity contribution is 7.86. The Kier molecular flexibility index (Phi) is 12.5. The van der Waals surface area contributed by atoms with Crippen molar-refractivity contribution in [1.29, 1.82) is 0 Å². The number of hydrogen-bond acceptors (Lipinski definition) is 14. The Hall–Kier alpha value is -5.97. The lowest BCUT2D eigenvalue weighted by atomic mass is 9.70. The van der Waals surface area contributed by atoms with E-state index in [0.29, 0.717) is 22.8 Å². The first-order valence-electron chi connectivity index (χ1n) is 18.0. The minimum absolute atomic E-state index is 0.0497. The van der Waals surface area contributed by atoms with E-state index in [1.54, 1.807) is 54.2 Å². The van der Waals surface area contributed by atoms with E-state index >= 15 is 0 Å². The van der Waals surface area contributed by atoms with Crippen molar-refractivity contribution in [2.24, 2.45) is 5.41 Å². The minimum atomic E-state index is -5.05. The van der Waals surface area contributed by atoms with Crippen molar-refractivity contribution in [3.05, 3.63) is 107 Å². The van der Waals surface area contributed by atoms with Crippen molar-refractivity contribution in [3.63, 3.8) is 0 Å². The van der Waals surface area contributed by atoms with Gasteiger partial charge in [-0.2, -0.15) is 38.4 Å². The number of aromatic nitrogens is 2. The maximum absolute atomic E-state index is 13.5. The van der Waals surface area contributed by atoms with Gasteiger partial charge >= 0.3 is 22.2 Å². The van der Waals surface area contributed by atoms with Gasteiger partial charge in [0.15, 0.2) is 23.8 Å². The molecule has 0 spiro atoms. The Bertz CT molecular complexity index is 3020. The zero-order chi connectivity index (χ0) is 46.4. The molecule has 0 saturated carbocycles. The van der Waals surface area contributed by atoms with Gasteiger partial charge in [-0.1, -0.05) is 37.3 Å². The van der Waals surface area contributed by atoms with Crippen molar-refractivity contribution in [1.82, 2.24) is 9.45 Å². The summed E-state index contributed by atoms with van der Waals surface area (Å²) in [6, 6.07) is 10.5. The maximum Gasteiger partial charge on any atom is 0.333 e. The van der Waals surface area contributed by atoms with Crippen molar-refractivity contribution < 1.29 is 86.2 Å². The number of hydrogen-bond donors (Lipinski definition) is 8. The van der Waals surface area contributed by atoms with E-state index in [4.69, 9.17) is 9.39 Å². The zero-order valence-corrected chi connectivity index (χ0v) is 35.7. The molecule has 6 rings (SSSR count). The molecule has 3 heterocycles. The Labute approximate surface area is 359 Å². The number of carbonyl (C=O) groups is 2. The summed E-state index contributed by atoms with van der Waals surface area (Å²) < 4.78 is 136. The van der Waals surface area contributed by atoms with Crippen LogP contribution in [0.15, 0.2) is 105 Å². The molecule has 0 bridgehead atoms. The number of carbonyl (C=O) groups excluding carboxylic acids is 1. The average molecular weight is 954 g/mol. The summed E-state index contributed by atoms with van der Waals surface area (Å²) in [5, 5.41) is 30.4. The van der Waals surface area contributed by atoms with Crippen molar-refractivity contribution in [3.8, 4) is 11.8 Å². The van der Waals surface area contributed by atoms with E-state index < -0.39 is 97.4 Å². The molecule has 4 aromatic rings. The van der Waals surface area contributed by atoms with Gasteiger partial charge < -0.3 is 25.1 Å². The fraction of sp³-hybridized carbons (Fsp3) is 0.216. The fourth-order valence-corrected chi connectivity index (χ4v) is 9.23. The SMILES string of the molecule is CC1(CC(=O)On2c(O)cc(S(=O)(=O)O)c2O)CC(C=C2c3ccc(S(=O)(=O)O)cc3N(CC(=O)O)c3cc(S(=O)(=O)O)ccc32)=CC(=Cc2cc[n+](CCNS(=O)(=O)O)cc2)C1. The van der Waals surface area contributed by atoms with Gasteiger partial charge in [-0.05, 0) is 64.8 Å². The lowest BCUT2D eigenvalue weighted by molar-refractivity contribution is -0.694. The molecule has 2 aliphatic rings. The number of aliphatic carboxylic acids is 1. The van der Waals surface area contributed by atoms with Gasteiger partial charge in [0.2, 0.25) is 5.88 Å². The lowest BCUT2D eigenvalue weighted by Crippen LogP contribution is -2.39. The van der Waals surface area contributed by atoms with Gasteiger partial charge in [0.05, 0.1) is 34.1 Å². The smallest absolute Gasteiger partial charge is 0.333 e. The largest absolute Gasteiger partial charge is 0.492 e. The Morgan fingerprint density at radius 3 is 1.87 bits per heavy atom. The average Bonchev–Trinajstić information content (AvgIpc) is 3.43. The molecular weight excluding hydrogens is 917 g/mol. The highest BCUT2D eigenvalue weighted by Crippen LogP contribution is 2.49. The number of nitrogens with zero attached hydrogens (tertiary/aromatic N) is 3. The summed E-state index contributed by atoms with van der Waals surface area (Å²) in [5.74, 6) is -4.83. The van der Waals surface area contributed by atoms with Gasteiger partial charge in [-0.25, -0.2) is 9.36 Å². The van der Waals surface area contributed by atoms with Crippen LogP contribution in [0.1, 0.15) is 42.9 Å². The summed E-state index contributed by atoms with van der Waals surface area (Å²) in [5.41, 5.74) is 1.13. The molecule has 0 saturated heterocycles. The highest BCUT2D eigenvalue weighted by Gasteiger charge is 2.36. The van der Waals surface area contributed by atoms with Crippen LogP contribution in [-0.2, 0) is 56.8 Å². The molecule has 2 aromatic carbocycles. The summed E-state index contributed by atoms with van der Waals surface area (Å²) in [7, 11) is -19.2. The Balaban J connectivity index is 1.48. The first kappa shape index (κ1) is 46.5. The molecular formula is C37H37N4O18S4+. The highest BCUT2D eigenvalue weighted by atomic mass is 32.2. The molecule has 1 aliphatic carbocycles. The number of nitrogens with one attached hydrogen (secondary N) is 1. The van der Waals surface area contributed by atoms with E-state index in [-0.39, 0.29) is 58.7 Å². The van der Waals surface area contributed by atoms with Crippen LogP contribution in [-0.4, -0.2) is 97.0 Å². The molecule has 63 heavy (non-hydrogen) atoms. The maximum atomic E-state index is 13.5. The van der Waals surface area contributed by atoms with Crippen LogP contribution >= 0.6 is 0 Å². The number of anilines is 2. The second-order valence-corrected chi connectivity index (χ2v) is 20.3. The number of benzene rings is 2. The van der Waals surface area contributed by atoms with Crippen LogP contribution < -0.4 is 19.0 Å². The number of allylic oxidation sites excluding steroid dienone is 4. The zero-order valence-electron chi connectivity index (χ0n) is 32.4. The molecule has 1 atom stereocenters. The van der Waals surface area contributed by atoms with Crippen LogP contribution in [0.4, 0.5) is 11.4 Å². The molecule has 0 fully saturated rings. The quantitative estimate of drug-likeness (QED) is 0.0663.